The number of rotatable bonds is 3. The van der Waals surface area contributed by atoms with Gasteiger partial charge in [-0.1, -0.05) is 13.8 Å². The van der Waals surface area contributed by atoms with Crippen LogP contribution in [0.15, 0.2) is 0 Å². The van der Waals surface area contributed by atoms with Crippen LogP contribution in [0.1, 0.15) is 27.2 Å². The van der Waals surface area contributed by atoms with Gasteiger partial charge in [0.1, 0.15) is 0 Å². The first-order valence-corrected chi connectivity index (χ1v) is 4.60. The van der Waals surface area contributed by atoms with Crippen LogP contribution in [0.4, 0.5) is 0 Å². The van der Waals surface area contributed by atoms with Gasteiger partial charge >= 0.3 is 0 Å². The van der Waals surface area contributed by atoms with Crippen LogP contribution < -0.4 is 5.73 Å². The summed E-state index contributed by atoms with van der Waals surface area (Å²) < 4.78 is 11.3. The summed E-state index contributed by atoms with van der Waals surface area (Å²) in [5, 5.41) is 0. The topological polar surface area (TPSA) is 44.5 Å². The third-order valence-electron chi connectivity index (χ3n) is 2.49. The van der Waals surface area contributed by atoms with Crippen LogP contribution in [0.25, 0.3) is 0 Å². The minimum Gasteiger partial charge on any atom is -0.347 e. The molecular formula is C9H19NO2. The van der Waals surface area contributed by atoms with Crippen LogP contribution in [-0.4, -0.2) is 25.0 Å². The Hall–Kier alpha value is -0.120. The van der Waals surface area contributed by atoms with Gasteiger partial charge in [0.15, 0.2) is 5.79 Å². The van der Waals surface area contributed by atoms with Crippen molar-refractivity contribution in [3.8, 4) is 0 Å². The van der Waals surface area contributed by atoms with E-state index in [0.717, 1.165) is 6.42 Å². The molecule has 2 unspecified atom stereocenters. The second-order valence-corrected chi connectivity index (χ2v) is 3.80. The molecule has 1 fully saturated rings. The highest BCUT2D eigenvalue weighted by molar-refractivity contribution is 4.77. The average molecular weight is 173 g/mol. The third kappa shape index (κ3) is 1.97. The molecule has 0 amide bonds. The molecule has 1 saturated heterocycles. The van der Waals surface area contributed by atoms with Gasteiger partial charge in [-0.3, -0.25) is 0 Å². The SMILES string of the molecule is CC(C)C1(C)OCC(CCN)O1. The first-order chi connectivity index (χ1) is 5.58. The Kier molecular flexibility index (Phi) is 3.09. The largest absolute Gasteiger partial charge is 0.347 e. The summed E-state index contributed by atoms with van der Waals surface area (Å²) in [5.74, 6) is 0.0000921. The van der Waals surface area contributed by atoms with E-state index >= 15 is 0 Å². The van der Waals surface area contributed by atoms with Gasteiger partial charge in [-0.15, -0.1) is 0 Å². The van der Waals surface area contributed by atoms with Crippen molar-refractivity contribution in [2.45, 2.75) is 39.1 Å². The van der Waals surface area contributed by atoms with Crippen LogP contribution in [0.2, 0.25) is 0 Å². The molecule has 0 aliphatic carbocycles. The van der Waals surface area contributed by atoms with Crippen molar-refractivity contribution in [2.75, 3.05) is 13.2 Å². The maximum Gasteiger partial charge on any atom is 0.168 e. The van der Waals surface area contributed by atoms with Crippen molar-refractivity contribution in [3.63, 3.8) is 0 Å². The fraction of sp³-hybridized carbons (Fsp3) is 1.00. The average Bonchev–Trinajstić information content (AvgIpc) is 2.34. The van der Waals surface area contributed by atoms with Crippen LogP contribution >= 0.6 is 0 Å². The highest BCUT2D eigenvalue weighted by atomic mass is 16.7. The summed E-state index contributed by atoms with van der Waals surface area (Å²) in [7, 11) is 0. The van der Waals surface area contributed by atoms with Crippen molar-refractivity contribution in [1.82, 2.24) is 0 Å². The van der Waals surface area contributed by atoms with Gasteiger partial charge in [-0.05, 0) is 19.9 Å². The predicted molar refractivity (Wildman–Crippen MR) is 47.7 cm³/mol. The lowest BCUT2D eigenvalue weighted by Gasteiger charge is -2.27. The normalized spacial score (nSPS) is 36.2. The molecule has 0 bridgehead atoms. The summed E-state index contributed by atoms with van der Waals surface area (Å²) in [4.78, 5) is 0. The molecule has 72 valence electrons. The van der Waals surface area contributed by atoms with Crippen molar-refractivity contribution in [2.24, 2.45) is 11.7 Å². The Labute approximate surface area is 74.2 Å². The Bertz CT molecular complexity index is 149. The molecule has 1 aliphatic heterocycles. The maximum atomic E-state index is 5.75. The lowest BCUT2D eigenvalue weighted by atomic mass is 10.1. The van der Waals surface area contributed by atoms with E-state index in [1.807, 2.05) is 6.92 Å². The highest BCUT2D eigenvalue weighted by Gasteiger charge is 2.39. The van der Waals surface area contributed by atoms with Gasteiger partial charge in [0.05, 0.1) is 12.7 Å². The molecule has 0 saturated carbocycles. The zero-order valence-corrected chi connectivity index (χ0v) is 8.17. The van der Waals surface area contributed by atoms with Crippen molar-refractivity contribution >= 4 is 0 Å². The summed E-state index contributed by atoms with van der Waals surface area (Å²) in [5.41, 5.74) is 5.44. The molecule has 1 rings (SSSR count). The van der Waals surface area contributed by atoms with Gasteiger partial charge < -0.3 is 15.2 Å². The van der Waals surface area contributed by atoms with Gasteiger partial charge in [-0.25, -0.2) is 0 Å². The second kappa shape index (κ2) is 3.73. The molecule has 1 heterocycles. The summed E-state index contributed by atoms with van der Waals surface area (Å²) in [6.07, 6.45) is 1.09. The first kappa shape index (κ1) is 9.96. The molecule has 3 nitrogen and oxygen atoms in total. The molecule has 0 aromatic rings. The van der Waals surface area contributed by atoms with E-state index in [-0.39, 0.29) is 11.9 Å². The van der Waals surface area contributed by atoms with Gasteiger partial charge in [0, 0.05) is 5.92 Å². The van der Waals surface area contributed by atoms with Gasteiger partial charge in [0.25, 0.3) is 0 Å². The maximum absolute atomic E-state index is 5.75. The highest BCUT2D eigenvalue weighted by Crippen LogP contribution is 2.31. The van der Waals surface area contributed by atoms with Gasteiger partial charge in [0.2, 0.25) is 0 Å². The van der Waals surface area contributed by atoms with Crippen LogP contribution in [0.5, 0.6) is 0 Å². The molecule has 0 aromatic heterocycles. The summed E-state index contributed by atoms with van der Waals surface area (Å²) in [6.45, 7) is 7.55. The molecule has 0 radical (unpaired) electrons. The summed E-state index contributed by atoms with van der Waals surface area (Å²) in [6, 6.07) is 0. The third-order valence-corrected chi connectivity index (χ3v) is 2.49. The minimum absolute atomic E-state index is 0.197. The second-order valence-electron chi connectivity index (χ2n) is 3.80. The fourth-order valence-electron chi connectivity index (χ4n) is 1.29. The molecule has 1 aliphatic rings. The Morgan fingerprint density at radius 1 is 1.58 bits per heavy atom. The van der Waals surface area contributed by atoms with E-state index in [9.17, 15) is 0 Å². The van der Waals surface area contributed by atoms with Gasteiger partial charge in [-0.2, -0.15) is 0 Å². The molecule has 0 spiro atoms. The summed E-state index contributed by atoms with van der Waals surface area (Å²) >= 11 is 0. The van der Waals surface area contributed by atoms with E-state index in [0.29, 0.717) is 19.1 Å². The Morgan fingerprint density at radius 2 is 2.25 bits per heavy atom. The lowest BCUT2D eigenvalue weighted by Crippen LogP contribution is -2.33. The smallest absolute Gasteiger partial charge is 0.168 e. The van der Waals surface area contributed by atoms with Crippen molar-refractivity contribution in [1.29, 1.82) is 0 Å². The van der Waals surface area contributed by atoms with E-state index in [2.05, 4.69) is 13.8 Å². The quantitative estimate of drug-likeness (QED) is 0.695. The van der Waals surface area contributed by atoms with Crippen LogP contribution in [-0.2, 0) is 9.47 Å². The molecule has 0 aromatic carbocycles. The molecule has 12 heavy (non-hydrogen) atoms. The number of nitrogens with two attached hydrogens (primary N) is 1. The Balaban J connectivity index is 2.43. The van der Waals surface area contributed by atoms with E-state index in [4.69, 9.17) is 15.2 Å². The monoisotopic (exact) mass is 173 g/mol. The van der Waals surface area contributed by atoms with E-state index in [1.165, 1.54) is 0 Å². The standard InChI is InChI=1S/C9H19NO2/c1-7(2)9(3)11-6-8(12-9)4-5-10/h7-8H,4-6,10H2,1-3H3. The number of hydrogen-bond donors (Lipinski definition) is 1. The molecule has 2 N–H and O–H groups in total. The molecule has 3 heteroatoms. The van der Waals surface area contributed by atoms with Crippen molar-refractivity contribution < 1.29 is 9.47 Å². The predicted octanol–water partition coefficient (Wildman–Crippen LogP) is 1.12. The van der Waals surface area contributed by atoms with E-state index in [1.54, 1.807) is 0 Å². The zero-order valence-electron chi connectivity index (χ0n) is 8.17. The molecular weight excluding hydrogens is 154 g/mol. The lowest BCUT2D eigenvalue weighted by molar-refractivity contribution is -0.183. The van der Waals surface area contributed by atoms with Crippen LogP contribution in [0, 0.1) is 5.92 Å². The zero-order chi connectivity index (χ0) is 9.19. The fourth-order valence-corrected chi connectivity index (χ4v) is 1.29. The molecule has 2 atom stereocenters. The van der Waals surface area contributed by atoms with E-state index < -0.39 is 0 Å². The minimum atomic E-state index is -0.389. The van der Waals surface area contributed by atoms with Crippen molar-refractivity contribution in [3.05, 3.63) is 0 Å². The first-order valence-electron chi connectivity index (χ1n) is 4.60. The van der Waals surface area contributed by atoms with Crippen LogP contribution in [0.3, 0.4) is 0 Å². The number of ether oxygens (including phenoxy) is 2. The Morgan fingerprint density at radius 3 is 2.67 bits per heavy atom. The number of hydrogen-bond acceptors (Lipinski definition) is 3.